The number of nitrogens with zero attached hydrogens (tertiary/aromatic N) is 2. The van der Waals surface area contributed by atoms with Gasteiger partial charge in [0, 0.05) is 12.6 Å². The standard InChI is InChI=1S/C9H18N4/c1-5-13(6(2)3)9-8(10)11-7(4)12-9/h6H,5,10H2,1-4H3,(H,11,12). The van der Waals surface area contributed by atoms with Gasteiger partial charge in [0.1, 0.15) is 11.6 Å². The molecule has 4 heteroatoms. The van der Waals surface area contributed by atoms with E-state index in [9.17, 15) is 0 Å². The first-order chi connectivity index (χ1) is 6.06. The fraction of sp³-hybridized carbons (Fsp3) is 0.667. The number of imidazole rings is 1. The van der Waals surface area contributed by atoms with Gasteiger partial charge in [-0.3, -0.25) is 0 Å². The average molecular weight is 182 g/mol. The molecule has 0 saturated heterocycles. The molecule has 0 spiro atoms. The first-order valence-corrected chi connectivity index (χ1v) is 4.65. The minimum Gasteiger partial charge on any atom is -0.382 e. The average Bonchev–Trinajstić information content (AvgIpc) is 2.31. The van der Waals surface area contributed by atoms with Crippen molar-refractivity contribution in [1.29, 1.82) is 0 Å². The van der Waals surface area contributed by atoms with Crippen LogP contribution in [0.15, 0.2) is 0 Å². The van der Waals surface area contributed by atoms with Gasteiger partial charge in [0.15, 0.2) is 5.82 Å². The van der Waals surface area contributed by atoms with Crippen LogP contribution < -0.4 is 10.6 Å². The lowest BCUT2D eigenvalue weighted by molar-refractivity contribution is 0.696. The Kier molecular flexibility index (Phi) is 2.80. The number of aryl methyl sites for hydroxylation is 1. The van der Waals surface area contributed by atoms with Crippen molar-refractivity contribution in [3.63, 3.8) is 0 Å². The second-order valence-corrected chi connectivity index (χ2v) is 3.44. The second-order valence-electron chi connectivity index (χ2n) is 3.44. The van der Waals surface area contributed by atoms with E-state index in [0.717, 1.165) is 18.2 Å². The number of rotatable bonds is 3. The SMILES string of the molecule is CCN(c1nc(C)[nH]c1N)C(C)C. The van der Waals surface area contributed by atoms with Crippen molar-refractivity contribution < 1.29 is 0 Å². The van der Waals surface area contributed by atoms with Crippen LogP contribution in [0.5, 0.6) is 0 Å². The first-order valence-electron chi connectivity index (χ1n) is 4.65. The van der Waals surface area contributed by atoms with Crippen molar-refractivity contribution in [3.8, 4) is 0 Å². The molecule has 4 nitrogen and oxygen atoms in total. The van der Waals surface area contributed by atoms with E-state index in [2.05, 4.69) is 35.6 Å². The van der Waals surface area contributed by atoms with Crippen LogP contribution in [0.1, 0.15) is 26.6 Å². The summed E-state index contributed by atoms with van der Waals surface area (Å²) in [6.07, 6.45) is 0. The minimum absolute atomic E-state index is 0.426. The molecule has 0 bridgehead atoms. The summed E-state index contributed by atoms with van der Waals surface area (Å²) in [7, 11) is 0. The zero-order chi connectivity index (χ0) is 10.0. The molecular weight excluding hydrogens is 164 g/mol. The first kappa shape index (κ1) is 9.89. The minimum atomic E-state index is 0.426. The van der Waals surface area contributed by atoms with E-state index in [1.807, 2.05) is 6.92 Å². The number of aromatic nitrogens is 2. The third-order valence-electron chi connectivity index (χ3n) is 2.07. The number of H-pyrrole nitrogens is 1. The van der Waals surface area contributed by atoms with E-state index < -0.39 is 0 Å². The van der Waals surface area contributed by atoms with Crippen LogP contribution in [0.3, 0.4) is 0 Å². The largest absolute Gasteiger partial charge is 0.382 e. The van der Waals surface area contributed by atoms with E-state index in [1.165, 1.54) is 0 Å². The Labute approximate surface area is 79.1 Å². The summed E-state index contributed by atoms with van der Waals surface area (Å²) >= 11 is 0. The molecule has 1 heterocycles. The predicted molar refractivity (Wildman–Crippen MR) is 55.9 cm³/mol. The molecule has 0 aliphatic heterocycles. The number of nitrogens with two attached hydrogens (primary N) is 1. The van der Waals surface area contributed by atoms with E-state index in [-0.39, 0.29) is 0 Å². The Morgan fingerprint density at radius 3 is 2.46 bits per heavy atom. The highest BCUT2D eigenvalue weighted by Crippen LogP contribution is 2.21. The Balaban J connectivity index is 2.97. The molecule has 0 saturated carbocycles. The van der Waals surface area contributed by atoms with Gasteiger partial charge in [-0.15, -0.1) is 0 Å². The third-order valence-corrected chi connectivity index (χ3v) is 2.07. The fourth-order valence-electron chi connectivity index (χ4n) is 1.48. The lowest BCUT2D eigenvalue weighted by Crippen LogP contribution is -2.31. The van der Waals surface area contributed by atoms with Crippen molar-refractivity contribution in [3.05, 3.63) is 5.82 Å². The van der Waals surface area contributed by atoms with Crippen LogP contribution in [-0.4, -0.2) is 22.6 Å². The summed E-state index contributed by atoms with van der Waals surface area (Å²) in [5.41, 5.74) is 5.80. The van der Waals surface area contributed by atoms with Crippen LogP contribution >= 0.6 is 0 Å². The van der Waals surface area contributed by atoms with Crippen molar-refractivity contribution >= 4 is 11.6 Å². The van der Waals surface area contributed by atoms with Crippen molar-refractivity contribution in [2.24, 2.45) is 0 Å². The molecule has 3 N–H and O–H groups in total. The highest BCUT2D eigenvalue weighted by atomic mass is 15.2. The normalized spacial score (nSPS) is 10.8. The molecule has 1 rings (SSSR count). The van der Waals surface area contributed by atoms with Crippen LogP contribution in [0.2, 0.25) is 0 Å². The highest BCUT2D eigenvalue weighted by molar-refractivity contribution is 5.59. The number of anilines is 2. The molecule has 0 aliphatic carbocycles. The molecule has 0 unspecified atom stereocenters. The summed E-state index contributed by atoms with van der Waals surface area (Å²) < 4.78 is 0. The Morgan fingerprint density at radius 2 is 2.15 bits per heavy atom. The number of hydrogen-bond acceptors (Lipinski definition) is 3. The topological polar surface area (TPSA) is 57.9 Å². The summed E-state index contributed by atoms with van der Waals surface area (Å²) in [6.45, 7) is 9.20. The Hall–Kier alpha value is -1.19. The lowest BCUT2D eigenvalue weighted by atomic mass is 10.3. The molecule has 0 atom stereocenters. The van der Waals surface area contributed by atoms with Crippen LogP contribution in [0, 0.1) is 6.92 Å². The van der Waals surface area contributed by atoms with Gasteiger partial charge < -0.3 is 15.6 Å². The summed E-state index contributed by atoms with van der Waals surface area (Å²) in [6, 6.07) is 0.426. The molecule has 1 aromatic heterocycles. The highest BCUT2D eigenvalue weighted by Gasteiger charge is 2.14. The van der Waals surface area contributed by atoms with Gasteiger partial charge in [0.2, 0.25) is 0 Å². The zero-order valence-electron chi connectivity index (χ0n) is 8.76. The third kappa shape index (κ3) is 1.94. The molecular formula is C9H18N4. The van der Waals surface area contributed by atoms with Gasteiger partial charge in [-0.2, -0.15) is 0 Å². The molecule has 0 aromatic carbocycles. The molecule has 0 fully saturated rings. The predicted octanol–water partition coefficient (Wildman–Crippen LogP) is 1.54. The van der Waals surface area contributed by atoms with Gasteiger partial charge in [-0.1, -0.05) is 0 Å². The molecule has 0 radical (unpaired) electrons. The van der Waals surface area contributed by atoms with E-state index in [0.29, 0.717) is 11.9 Å². The molecule has 13 heavy (non-hydrogen) atoms. The van der Waals surface area contributed by atoms with Crippen molar-refractivity contribution in [1.82, 2.24) is 9.97 Å². The van der Waals surface area contributed by atoms with Gasteiger partial charge in [-0.05, 0) is 27.7 Å². The van der Waals surface area contributed by atoms with E-state index in [1.54, 1.807) is 0 Å². The number of nitrogens with one attached hydrogen (secondary N) is 1. The molecule has 0 amide bonds. The van der Waals surface area contributed by atoms with E-state index >= 15 is 0 Å². The van der Waals surface area contributed by atoms with Crippen molar-refractivity contribution in [2.45, 2.75) is 33.7 Å². The monoisotopic (exact) mass is 182 g/mol. The van der Waals surface area contributed by atoms with Crippen LogP contribution in [0.25, 0.3) is 0 Å². The summed E-state index contributed by atoms with van der Waals surface area (Å²) in [5, 5.41) is 0. The molecule has 1 aromatic rings. The quantitative estimate of drug-likeness (QED) is 0.745. The number of hydrogen-bond donors (Lipinski definition) is 2. The smallest absolute Gasteiger partial charge is 0.171 e. The van der Waals surface area contributed by atoms with Gasteiger partial charge in [-0.25, -0.2) is 4.98 Å². The number of nitrogen functional groups attached to an aromatic ring is 1. The Bertz CT molecular complexity index is 277. The Morgan fingerprint density at radius 1 is 1.54 bits per heavy atom. The maximum absolute atomic E-state index is 5.80. The van der Waals surface area contributed by atoms with Gasteiger partial charge in [0.05, 0.1) is 0 Å². The molecule has 74 valence electrons. The molecule has 0 aliphatic rings. The van der Waals surface area contributed by atoms with Crippen molar-refractivity contribution in [2.75, 3.05) is 17.2 Å². The van der Waals surface area contributed by atoms with Crippen LogP contribution in [-0.2, 0) is 0 Å². The fourth-order valence-corrected chi connectivity index (χ4v) is 1.48. The van der Waals surface area contributed by atoms with Gasteiger partial charge in [0.25, 0.3) is 0 Å². The maximum Gasteiger partial charge on any atom is 0.171 e. The zero-order valence-corrected chi connectivity index (χ0v) is 8.76. The van der Waals surface area contributed by atoms with Crippen LogP contribution in [0.4, 0.5) is 11.6 Å². The second kappa shape index (κ2) is 3.68. The summed E-state index contributed by atoms with van der Waals surface area (Å²) in [4.78, 5) is 9.52. The van der Waals surface area contributed by atoms with Gasteiger partial charge >= 0.3 is 0 Å². The lowest BCUT2D eigenvalue weighted by Gasteiger charge is -2.25. The number of aromatic amines is 1. The van der Waals surface area contributed by atoms with E-state index in [4.69, 9.17) is 5.73 Å². The summed E-state index contributed by atoms with van der Waals surface area (Å²) in [5.74, 6) is 2.40. The maximum atomic E-state index is 5.80.